The largest absolute Gasteiger partial charge is 0.349 e. The topological polar surface area (TPSA) is 29.1 Å². The molecule has 2 rings (SSSR count). The summed E-state index contributed by atoms with van der Waals surface area (Å²) in [4.78, 5) is 12.0. The number of hydrogen-bond donors (Lipinski definition) is 1. The molecule has 0 saturated carbocycles. The minimum Gasteiger partial charge on any atom is -0.349 e. The van der Waals surface area contributed by atoms with Crippen LogP contribution in [0.5, 0.6) is 0 Å². The second-order valence-corrected chi connectivity index (χ2v) is 4.65. The van der Waals surface area contributed by atoms with Gasteiger partial charge >= 0.3 is 0 Å². The van der Waals surface area contributed by atoms with E-state index in [1.54, 1.807) is 0 Å². The van der Waals surface area contributed by atoms with Gasteiger partial charge in [-0.1, -0.05) is 38.2 Å². The van der Waals surface area contributed by atoms with E-state index in [0.717, 1.165) is 16.7 Å². The highest BCUT2D eigenvalue weighted by Crippen LogP contribution is 2.31. The van der Waals surface area contributed by atoms with Crippen LogP contribution in [0.4, 0.5) is 0 Å². The number of nitrogens with one attached hydrogen (secondary N) is 1. The molecule has 2 heteroatoms. The van der Waals surface area contributed by atoms with Gasteiger partial charge < -0.3 is 5.32 Å². The fraction of sp³-hybridized carbons (Fsp3) is 0.357. The van der Waals surface area contributed by atoms with Gasteiger partial charge in [0.15, 0.2) is 0 Å². The molecule has 84 valence electrons. The number of fused-ring (bicyclic) bond motifs is 1. The van der Waals surface area contributed by atoms with E-state index in [9.17, 15) is 4.79 Å². The minimum atomic E-state index is 0.0300. The zero-order valence-electron chi connectivity index (χ0n) is 9.95. The fourth-order valence-electron chi connectivity index (χ4n) is 1.74. The molecule has 16 heavy (non-hydrogen) atoms. The van der Waals surface area contributed by atoms with Gasteiger partial charge in [-0.2, -0.15) is 0 Å². The van der Waals surface area contributed by atoms with Crippen molar-refractivity contribution in [3.05, 3.63) is 47.1 Å². The summed E-state index contributed by atoms with van der Waals surface area (Å²) < 4.78 is 0. The third kappa shape index (κ3) is 1.87. The monoisotopic (exact) mass is 215 g/mol. The van der Waals surface area contributed by atoms with E-state index >= 15 is 0 Å². The van der Waals surface area contributed by atoms with Crippen LogP contribution in [0.1, 0.15) is 20.8 Å². The van der Waals surface area contributed by atoms with Gasteiger partial charge in [-0.3, -0.25) is 4.79 Å². The van der Waals surface area contributed by atoms with E-state index in [-0.39, 0.29) is 11.9 Å². The lowest BCUT2D eigenvalue weighted by atomic mass is 10.0. The van der Waals surface area contributed by atoms with Crippen LogP contribution in [0, 0.1) is 5.92 Å². The van der Waals surface area contributed by atoms with Crippen LogP contribution in [0.25, 0.3) is 0 Å². The van der Waals surface area contributed by atoms with E-state index in [0.29, 0.717) is 5.92 Å². The SMILES string of the molecule is CC(C)[C@@H](C)NC(=O)C1=CC=C2C=CC=C21. The molecule has 2 nitrogen and oxygen atoms in total. The van der Waals surface area contributed by atoms with Gasteiger partial charge in [0.1, 0.15) is 0 Å². The first kappa shape index (κ1) is 10.9. The van der Waals surface area contributed by atoms with Crippen LogP contribution >= 0.6 is 0 Å². The fourth-order valence-corrected chi connectivity index (χ4v) is 1.74. The van der Waals surface area contributed by atoms with Gasteiger partial charge in [-0.05, 0) is 30.1 Å². The average Bonchev–Trinajstić information content (AvgIpc) is 2.77. The summed E-state index contributed by atoms with van der Waals surface area (Å²) in [5, 5.41) is 3.02. The van der Waals surface area contributed by atoms with Crippen molar-refractivity contribution in [3.63, 3.8) is 0 Å². The molecule has 2 aliphatic carbocycles. The van der Waals surface area contributed by atoms with Gasteiger partial charge in [0.25, 0.3) is 5.91 Å². The molecule has 0 fully saturated rings. The number of allylic oxidation sites excluding steroid dienone is 6. The van der Waals surface area contributed by atoms with Crippen molar-refractivity contribution in [2.75, 3.05) is 0 Å². The summed E-state index contributed by atoms with van der Waals surface area (Å²) in [5.74, 6) is 0.483. The maximum Gasteiger partial charge on any atom is 0.252 e. The Bertz CT molecular complexity index is 436. The third-order valence-electron chi connectivity index (χ3n) is 3.17. The minimum absolute atomic E-state index is 0.0300. The molecule has 0 aliphatic heterocycles. The maximum absolute atomic E-state index is 12.0. The zero-order chi connectivity index (χ0) is 11.7. The molecule has 0 spiro atoms. The Labute approximate surface area is 96.4 Å². The molecule has 0 saturated heterocycles. The first-order chi connectivity index (χ1) is 7.59. The van der Waals surface area contributed by atoms with Gasteiger partial charge in [0, 0.05) is 11.6 Å². The maximum atomic E-state index is 12.0. The van der Waals surface area contributed by atoms with Crippen molar-refractivity contribution in [3.8, 4) is 0 Å². The van der Waals surface area contributed by atoms with Gasteiger partial charge in [0.05, 0.1) is 0 Å². The van der Waals surface area contributed by atoms with Crippen LogP contribution < -0.4 is 5.32 Å². The number of hydrogen-bond acceptors (Lipinski definition) is 1. The Morgan fingerprint density at radius 1 is 1.19 bits per heavy atom. The normalized spacial score (nSPS) is 19.1. The number of carbonyl (C=O) groups is 1. The molecular formula is C14H17NO. The standard InChI is InChI=1S/C14H17NO/c1-9(2)10(3)15-14(16)13-8-7-11-5-4-6-12(11)13/h4-10H,1-3H3,(H,15,16)/t10-/m1/s1. The van der Waals surface area contributed by atoms with E-state index in [4.69, 9.17) is 0 Å². The van der Waals surface area contributed by atoms with Gasteiger partial charge in [0.2, 0.25) is 0 Å². The quantitative estimate of drug-likeness (QED) is 0.770. The zero-order valence-corrected chi connectivity index (χ0v) is 9.95. The van der Waals surface area contributed by atoms with Crippen molar-refractivity contribution in [2.24, 2.45) is 5.92 Å². The Hall–Kier alpha value is -1.57. The lowest BCUT2D eigenvalue weighted by molar-refractivity contribution is -0.118. The molecule has 0 radical (unpaired) electrons. The van der Waals surface area contributed by atoms with E-state index in [1.165, 1.54) is 0 Å². The van der Waals surface area contributed by atoms with Crippen LogP contribution in [0.15, 0.2) is 47.1 Å². The molecule has 0 unspecified atom stereocenters. The predicted octanol–water partition coefficient (Wildman–Crippen LogP) is 2.51. The highest BCUT2D eigenvalue weighted by atomic mass is 16.1. The Kier molecular flexibility index (Phi) is 2.82. The van der Waals surface area contributed by atoms with E-state index in [2.05, 4.69) is 19.2 Å². The first-order valence-corrected chi connectivity index (χ1v) is 5.71. The van der Waals surface area contributed by atoms with E-state index in [1.807, 2.05) is 37.3 Å². The van der Waals surface area contributed by atoms with Crippen LogP contribution in [-0.2, 0) is 4.79 Å². The smallest absolute Gasteiger partial charge is 0.252 e. The molecule has 0 aromatic carbocycles. The van der Waals surface area contributed by atoms with E-state index < -0.39 is 0 Å². The van der Waals surface area contributed by atoms with Gasteiger partial charge in [-0.25, -0.2) is 0 Å². The summed E-state index contributed by atoms with van der Waals surface area (Å²) in [6, 6.07) is 0.201. The summed E-state index contributed by atoms with van der Waals surface area (Å²) in [6.45, 7) is 6.25. The first-order valence-electron chi connectivity index (χ1n) is 5.71. The van der Waals surface area contributed by atoms with Crippen LogP contribution in [0.2, 0.25) is 0 Å². The molecule has 0 aromatic rings. The summed E-state index contributed by atoms with van der Waals surface area (Å²) in [5.41, 5.74) is 2.98. The molecule has 1 amide bonds. The average molecular weight is 215 g/mol. The number of amides is 1. The molecule has 1 N–H and O–H groups in total. The molecule has 2 aliphatic rings. The molecule has 0 bridgehead atoms. The summed E-state index contributed by atoms with van der Waals surface area (Å²) in [6.07, 6.45) is 9.88. The molecule has 1 atom stereocenters. The number of rotatable bonds is 3. The lowest BCUT2D eigenvalue weighted by Crippen LogP contribution is -2.37. The Morgan fingerprint density at radius 3 is 2.62 bits per heavy atom. The summed E-state index contributed by atoms with van der Waals surface area (Å²) >= 11 is 0. The van der Waals surface area contributed by atoms with Crippen LogP contribution in [-0.4, -0.2) is 11.9 Å². The Balaban J connectivity index is 2.03. The van der Waals surface area contributed by atoms with Crippen molar-refractivity contribution >= 4 is 5.91 Å². The molecule has 0 heterocycles. The molecular weight excluding hydrogens is 198 g/mol. The van der Waals surface area contributed by atoms with Crippen molar-refractivity contribution < 1.29 is 4.79 Å². The lowest BCUT2D eigenvalue weighted by Gasteiger charge is -2.18. The van der Waals surface area contributed by atoms with Crippen molar-refractivity contribution in [2.45, 2.75) is 26.8 Å². The Morgan fingerprint density at radius 2 is 1.94 bits per heavy atom. The number of carbonyl (C=O) groups excluding carboxylic acids is 1. The molecule has 0 aromatic heterocycles. The van der Waals surface area contributed by atoms with Crippen molar-refractivity contribution in [1.82, 2.24) is 5.32 Å². The second kappa shape index (κ2) is 4.12. The van der Waals surface area contributed by atoms with Crippen LogP contribution in [0.3, 0.4) is 0 Å². The van der Waals surface area contributed by atoms with Gasteiger partial charge in [-0.15, -0.1) is 0 Å². The highest BCUT2D eigenvalue weighted by molar-refractivity contribution is 6.02. The second-order valence-electron chi connectivity index (χ2n) is 4.65. The van der Waals surface area contributed by atoms with Crippen molar-refractivity contribution in [1.29, 1.82) is 0 Å². The summed E-state index contributed by atoms with van der Waals surface area (Å²) in [7, 11) is 0. The highest BCUT2D eigenvalue weighted by Gasteiger charge is 2.23. The third-order valence-corrected chi connectivity index (χ3v) is 3.17. The predicted molar refractivity (Wildman–Crippen MR) is 65.8 cm³/mol.